The molecule has 0 saturated carbocycles. The lowest BCUT2D eigenvalue weighted by molar-refractivity contribution is -0.122. The van der Waals surface area contributed by atoms with E-state index in [0.29, 0.717) is 29.8 Å². The summed E-state index contributed by atoms with van der Waals surface area (Å²) in [4.78, 5) is 38.9. The summed E-state index contributed by atoms with van der Waals surface area (Å²) >= 11 is 0. The molecule has 0 aromatic heterocycles. The molecule has 1 fully saturated rings. The van der Waals surface area contributed by atoms with Crippen LogP contribution in [0.15, 0.2) is 66.2 Å². The van der Waals surface area contributed by atoms with E-state index in [1.807, 2.05) is 13.0 Å². The van der Waals surface area contributed by atoms with Gasteiger partial charge in [-0.3, -0.25) is 19.3 Å². The maximum absolute atomic E-state index is 12.8. The van der Waals surface area contributed by atoms with Crippen molar-refractivity contribution < 1.29 is 19.1 Å². The minimum atomic E-state index is -0.254. The summed E-state index contributed by atoms with van der Waals surface area (Å²) < 4.78 is 5.56. The number of amides is 2. The van der Waals surface area contributed by atoms with Crippen molar-refractivity contribution in [1.29, 1.82) is 0 Å². The lowest BCUT2D eigenvalue weighted by atomic mass is 9.82. The summed E-state index contributed by atoms with van der Waals surface area (Å²) in [7, 11) is 0. The largest absolute Gasteiger partial charge is 0.485 e. The summed E-state index contributed by atoms with van der Waals surface area (Å²) in [6, 6.07) is 15.7. The third-order valence-electron chi connectivity index (χ3n) is 5.38. The Labute approximate surface area is 163 Å². The molecule has 4 rings (SSSR count). The Morgan fingerprint density at radius 1 is 1.00 bits per heavy atom. The first kappa shape index (κ1) is 18.2. The summed E-state index contributed by atoms with van der Waals surface area (Å²) in [5.41, 5.74) is 2.30. The number of carbonyl (C=O) groups excluding carboxylic acids is 3. The van der Waals surface area contributed by atoms with Gasteiger partial charge in [-0.15, -0.1) is 0 Å². The predicted molar refractivity (Wildman–Crippen MR) is 105 cm³/mol. The van der Waals surface area contributed by atoms with Crippen LogP contribution < -0.4 is 9.64 Å². The Bertz CT molecular complexity index is 946. The highest BCUT2D eigenvalue weighted by atomic mass is 16.5. The zero-order valence-corrected chi connectivity index (χ0v) is 15.6. The van der Waals surface area contributed by atoms with E-state index in [-0.39, 0.29) is 36.0 Å². The maximum atomic E-state index is 12.8. The number of carbonyl (C=O) groups is 3. The average Bonchev–Trinajstić information content (AvgIpc) is 2.97. The SMILES string of the molecule is CC1=CC[C@H]2C(=O)N(c3ccc(OCC(=O)c4ccccc4)cc3)C(=O)[C@H]2C1. The fourth-order valence-electron chi connectivity index (χ4n) is 3.84. The van der Waals surface area contributed by atoms with Crippen LogP contribution >= 0.6 is 0 Å². The van der Waals surface area contributed by atoms with Crippen molar-refractivity contribution in [3.8, 4) is 5.75 Å². The van der Waals surface area contributed by atoms with E-state index in [1.54, 1.807) is 48.5 Å². The van der Waals surface area contributed by atoms with Crippen LogP contribution in [0.25, 0.3) is 0 Å². The molecule has 0 unspecified atom stereocenters. The van der Waals surface area contributed by atoms with Gasteiger partial charge in [0.15, 0.2) is 12.4 Å². The molecular formula is C23H21NO4. The molecule has 5 heteroatoms. The number of imide groups is 1. The molecule has 0 spiro atoms. The molecule has 28 heavy (non-hydrogen) atoms. The van der Waals surface area contributed by atoms with Crippen molar-refractivity contribution >= 4 is 23.3 Å². The lowest BCUT2D eigenvalue weighted by Gasteiger charge is -2.18. The molecule has 1 aliphatic carbocycles. The molecule has 1 heterocycles. The van der Waals surface area contributed by atoms with Gasteiger partial charge >= 0.3 is 0 Å². The van der Waals surface area contributed by atoms with Gasteiger partial charge in [0.25, 0.3) is 0 Å². The first-order valence-corrected chi connectivity index (χ1v) is 9.39. The second kappa shape index (κ2) is 7.43. The molecule has 0 N–H and O–H groups in total. The summed E-state index contributed by atoms with van der Waals surface area (Å²) in [6.45, 7) is 1.93. The van der Waals surface area contributed by atoms with Gasteiger partial charge in [0.2, 0.25) is 11.8 Å². The predicted octanol–water partition coefficient (Wildman–Crippen LogP) is 3.79. The number of hydrogen-bond donors (Lipinski definition) is 0. The van der Waals surface area contributed by atoms with Crippen LogP contribution in [0.3, 0.4) is 0 Å². The molecule has 2 amide bonds. The molecule has 1 aliphatic heterocycles. The standard InChI is InChI=1S/C23H21NO4/c1-15-7-12-19-20(13-15)23(27)24(22(19)26)17-8-10-18(11-9-17)28-14-21(25)16-5-3-2-4-6-16/h2-11,19-20H,12-14H2,1H3/t19-,20+/m1/s1. The van der Waals surface area contributed by atoms with E-state index in [1.165, 1.54) is 4.90 Å². The van der Waals surface area contributed by atoms with Gasteiger partial charge < -0.3 is 4.74 Å². The molecule has 2 aliphatic rings. The highest BCUT2D eigenvalue weighted by Crippen LogP contribution is 2.39. The molecular weight excluding hydrogens is 354 g/mol. The molecule has 2 atom stereocenters. The van der Waals surface area contributed by atoms with Crippen molar-refractivity contribution in [2.75, 3.05) is 11.5 Å². The highest BCUT2D eigenvalue weighted by molar-refractivity contribution is 6.22. The fraction of sp³-hybridized carbons (Fsp3) is 0.261. The number of Topliss-reactive ketones (excluding diaryl/α,β-unsaturated/α-hetero) is 1. The Balaban J connectivity index is 1.43. The number of ketones is 1. The third kappa shape index (κ3) is 3.36. The van der Waals surface area contributed by atoms with E-state index in [2.05, 4.69) is 6.08 Å². The number of nitrogens with zero attached hydrogens (tertiary/aromatic N) is 1. The number of allylic oxidation sites excluding steroid dienone is 2. The quantitative estimate of drug-likeness (QED) is 0.453. The first-order valence-electron chi connectivity index (χ1n) is 9.39. The third-order valence-corrected chi connectivity index (χ3v) is 5.38. The number of hydrogen-bond acceptors (Lipinski definition) is 4. The van der Waals surface area contributed by atoms with E-state index in [0.717, 1.165) is 5.57 Å². The summed E-state index contributed by atoms with van der Waals surface area (Å²) in [5, 5.41) is 0. The van der Waals surface area contributed by atoms with Crippen LogP contribution in [0.5, 0.6) is 5.75 Å². The van der Waals surface area contributed by atoms with Crippen LogP contribution in [0.2, 0.25) is 0 Å². The highest BCUT2D eigenvalue weighted by Gasteiger charge is 2.48. The van der Waals surface area contributed by atoms with E-state index < -0.39 is 0 Å². The monoisotopic (exact) mass is 375 g/mol. The van der Waals surface area contributed by atoms with Crippen molar-refractivity contribution in [1.82, 2.24) is 0 Å². The molecule has 1 saturated heterocycles. The normalized spacial score (nSPS) is 21.3. The van der Waals surface area contributed by atoms with Crippen molar-refractivity contribution in [2.24, 2.45) is 11.8 Å². The van der Waals surface area contributed by atoms with Crippen LogP contribution in [-0.2, 0) is 9.59 Å². The molecule has 142 valence electrons. The first-order chi connectivity index (χ1) is 13.5. The number of anilines is 1. The zero-order valence-electron chi connectivity index (χ0n) is 15.6. The van der Waals surface area contributed by atoms with Crippen LogP contribution in [0.4, 0.5) is 5.69 Å². The Morgan fingerprint density at radius 2 is 1.68 bits per heavy atom. The second-order valence-corrected chi connectivity index (χ2v) is 7.29. The van der Waals surface area contributed by atoms with Gasteiger partial charge in [-0.1, -0.05) is 42.0 Å². The van der Waals surface area contributed by atoms with Gasteiger partial charge in [-0.2, -0.15) is 0 Å². The van der Waals surface area contributed by atoms with E-state index in [4.69, 9.17) is 4.74 Å². The summed E-state index contributed by atoms with van der Waals surface area (Å²) in [5.74, 6) is -0.363. The van der Waals surface area contributed by atoms with Gasteiger partial charge in [0.1, 0.15) is 5.75 Å². The Kier molecular flexibility index (Phi) is 4.82. The van der Waals surface area contributed by atoms with Crippen LogP contribution in [-0.4, -0.2) is 24.2 Å². The molecule has 2 aromatic rings. The van der Waals surface area contributed by atoms with Crippen LogP contribution in [0, 0.1) is 11.8 Å². The number of benzene rings is 2. The average molecular weight is 375 g/mol. The zero-order chi connectivity index (χ0) is 19.7. The van der Waals surface area contributed by atoms with Gasteiger partial charge in [0, 0.05) is 5.56 Å². The number of fused-ring (bicyclic) bond motifs is 1. The molecule has 0 radical (unpaired) electrons. The van der Waals surface area contributed by atoms with Crippen molar-refractivity contribution in [3.05, 3.63) is 71.8 Å². The smallest absolute Gasteiger partial charge is 0.238 e. The Morgan fingerprint density at radius 3 is 2.39 bits per heavy atom. The topological polar surface area (TPSA) is 63.7 Å². The van der Waals surface area contributed by atoms with Crippen molar-refractivity contribution in [3.63, 3.8) is 0 Å². The Hall–Kier alpha value is -3.21. The second-order valence-electron chi connectivity index (χ2n) is 7.29. The van der Waals surface area contributed by atoms with Gasteiger partial charge in [-0.05, 0) is 44.0 Å². The lowest BCUT2D eigenvalue weighted by Crippen LogP contribution is -2.30. The van der Waals surface area contributed by atoms with Crippen molar-refractivity contribution in [2.45, 2.75) is 19.8 Å². The minimum Gasteiger partial charge on any atom is -0.485 e. The summed E-state index contributed by atoms with van der Waals surface area (Å²) in [6.07, 6.45) is 3.32. The molecule has 5 nitrogen and oxygen atoms in total. The molecule has 0 bridgehead atoms. The number of ether oxygens (including phenoxy) is 1. The minimum absolute atomic E-state index is 0.0694. The van der Waals surface area contributed by atoms with Gasteiger partial charge in [-0.25, -0.2) is 0 Å². The fourth-order valence-corrected chi connectivity index (χ4v) is 3.84. The van der Waals surface area contributed by atoms with E-state index >= 15 is 0 Å². The number of rotatable bonds is 5. The van der Waals surface area contributed by atoms with Crippen LogP contribution in [0.1, 0.15) is 30.1 Å². The van der Waals surface area contributed by atoms with Gasteiger partial charge in [0.05, 0.1) is 17.5 Å². The molecule has 2 aromatic carbocycles. The van der Waals surface area contributed by atoms with E-state index in [9.17, 15) is 14.4 Å². The maximum Gasteiger partial charge on any atom is 0.238 e.